The molecule has 1 aliphatic rings. The van der Waals surface area contributed by atoms with Crippen LogP contribution in [0.2, 0.25) is 0 Å². The number of carbonyl (C=O) groups excluding carboxylic acids is 1. The first-order valence-electron chi connectivity index (χ1n) is 7.76. The molecule has 5 heteroatoms. The molecule has 0 saturated carbocycles. The lowest BCUT2D eigenvalue weighted by Crippen LogP contribution is -2.37. The fourth-order valence-corrected chi connectivity index (χ4v) is 2.33. The Balaban J connectivity index is 1.58. The second-order valence-corrected chi connectivity index (χ2v) is 5.31. The first kappa shape index (κ1) is 16.6. The predicted molar refractivity (Wildman–Crippen MR) is 84.9 cm³/mol. The number of unbranched alkanes of at least 4 members (excludes halogenated alkanes) is 1. The van der Waals surface area contributed by atoms with Crippen molar-refractivity contribution in [3.63, 3.8) is 0 Å². The molecule has 0 spiro atoms. The van der Waals surface area contributed by atoms with Gasteiger partial charge in [-0.1, -0.05) is 18.2 Å². The summed E-state index contributed by atoms with van der Waals surface area (Å²) in [6, 6.07) is 6.39. The van der Waals surface area contributed by atoms with Gasteiger partial charge in [-0.25, -0.2) is 4.39 Å². The number of benzene rings is 1. The molecule has 1 saturated heterocycles. The summed E-state index contributed by atoms with van der Waals surface area (Å²) in [5, 5.41) is 2.82. The highest BCUT2D eigenvalue weighted by molar-refractivity contribution is 5.91. The molecule has 0 aromatic heterocycles. The van der Waals surface area contributed by atoms with E-state index >= 15 is 0 Å². The second-order valence-electron chi connectivity index (χ2n) is 5.31. The van der Waals surface area contributed by atoms with Crippen molar-refractivity contribution >= 4 is 12.0 Å². The third-order valence-electron chi connectivity index (χ3n) is 3.62. The molecular formula is C17H23FN2O2. The molecule has 0 radical (unpaired) electrons. The molecule has 1 N–H and O–H groups in total. The monoisotopic (exact) mass is 306 g/mol. The van der Waals surface area contributed by atoms with E-state index < -0.39 is 0 Å². The molecule has 2 rings (SSSR count). The van der Waals surface area contributed by atoms with Gasteiger partial charge < -0.3 is 10.1 Å². The summed E-state index contributed by atoms with van der Waals surface area (Å²) in [4.78, 5) is 14.0. The van der Waals surface area contributed by atoms with E-state index in [1.807, 2.05) is 0 Å². The summed E-state index contributed by atoms with van der Waals surface area (Å²) in [5.74, 6) is -0.508. The Morgan fingerprint density at radius 3 is 2.82 bits per heavy atom. The fraction of sp³-hybridized carbons (Fsp3) is 0.471. The number of carbonyl (C=O) groups is 1. The Kier molecular flexibility index (Phi) is 7.06. The van der Waals surface area contributed by atoms with Gasteiger partial charge in [0.05, 0.1) is 13.2 Å². The van der Waals surface area contributed by atoms with E-state index in [-0.39, 0.29) is 11.7 Å². The fourth-order valence-electron chi connectivity index (χ4n) is 2.33. The number of amides is 1. The molecule has 120 valence electrons. The van der Waals surface area contributed by atoms with Crippen molar-refractivity contribution in [3.05, 3.63) is 41.7 Å². The van der Waals surface area contributed by atoms with Crippen LogP contribution in [0.4, 0.5) is 4.39 Å². The van der Waals surface area contributed by atoms with Gasteiger partial charge in [-0.15, -0.1) is 0 Å². The minimum Gasteiger partial charge on any atom is -0.379 e. The topological polar surface area (TPSA) is 41.6 Å². The van der Waals surface area contributed by atoms with Crippen molar-refractivity contribution in [2.75, 3.05) is 39.4 Å². The van der Waals surface area contributed by atoms with Crippen LogP contribution in [0.3, 0.4) is 0 Å². The molecular weight excluding hydrogens is 283 g/mol. The first-order valence-corrected chi connectivity index (χ1v) is 7.76. The van der Waals surface area contributed by atoms with Gasteiger partial charge in [0, 0.05) is 31.3 Å². The Morgan fingerprint density at radius 2 is 2.05 bits per heavy atom. The average molecular weight is 306 g/mol. The van der Waals surface area contributed by atoms with Crippen molar-refractivity contribution in [1.82, 2.24) is 10.2 Å². The highest BCUT2D eigenvalue weighted by Crippen LogP contribution is 2.07. The molecule has 1 aromatic rings. The largest absolute Gasteiger partial charge is 0.379 e. The Labute approximate surface area is 131 Å². The Bertz CT molecular complexity index is 499. The quantitative estimate of drug-likeness (QED) is 0.619. The number of rotatable bonds is 7. The number of hydrogen-bond acceptors (Lipinski definition) is 3. The summed E-state index contributed by atoms with van der Waals surface area (Å²) in [7, 11) is 0. The van der Waals surface area contributed by atoms with Crippen molar-refractivity contribution in [3.8, 4) is 0 Å². The molecule has 1 amide bonds. The van der Waals surface area contributed by atoms with E-state index in [4.69, 9.17) is 4.74 Å². The zero-order valence-electron chi connectivity index (χ0n) is 12.8. The summed E-state index contributed by atoms with van der Waals surface area (Å²) < 4.78 is 18.7. The lowest BCUT2D eigenvalue weighted by atomic mass is 10.2. The van der Waals surface area contributed by atoms with Crippen molar-refractivity contribution in [2.24, 2.45) is 0 Å². The number of ether oxygens (including phenoxy) is 1. The predicted octanol–water partition coefficient (Wildman–Crippen LogP) is 2.07. The molecule has 1 fully saturated rings. The molecule has 0 bridgehead atoms. The molecule has 4 nitrogen and oxygen atoms in total. The lowest BCUT2D eigenvalue weighted by molar-refractivity contribution is -0.116. The number of nitrogens with zero attached hydrogens (tertiary/aromatic N) is 1. The average Bonchev–Trinajstić information content (AvgIpc) is 2.55. The maximum absolute atomic E-state index is 13.4. The molecule has 1 heterocycles. The molecule has 0 aliphatic carbocycles. The van der Waals surface area contributed by atoms with E-state index in [1.54, 1.807) is 18.2 Å². The Hall–Kier alpha value is -1.72. The van der Waals surface area contributed by atoms with E-state index in [2.05, 4.69) is 10.2 Å². The van der Waals surface area contributed by atoms with Gasteiger partial charge >= 0.3 is 0 Å². The summed E-state index contributed by atoms with van der Waals surface area (Å²) in [6.45, 7) is 5.32. The van der Waals surface area contributed by atoms with Gasteiger partial charge in [0.15, 0.2) is 0 Å². The van der Waals surface area contributed by atoms with E-state index in [1.165, 1.54) is 18.2 Å². The van der Waals surface area contributed by atoms with E-state index in [0.29, 0.717) is 12.1 Å². The van der Waals surface area contributed by atoms with Crippen LogP contribution in [0.5, 0.6) is 0 Å². The molecule has 1 aliphatic heterocycles. The number of morpholine rings is 1. The third kappa shape index (κ3) is 5.95. The minimum atomic E-state index is -0.322. The first-order chi connectivity index (χ1) is 10.8. The number of hydrogen-bond donors (Lipinski definition) is 1. The molecule has 1 aromatic carbocycles. The molecule has 0 unspecified atom stereocenters. The highest BCUT2D eigenvalue weighted by atomic mass is 19.1. The zero-order valence-corrected chi connectivity index (χ0v) is 12.8. The van der Waals surface area contributed by atoms with Crippen LogP contribution in [0.1, 0.15) is 18.4 Å². The minimum absolute atomic E-state index is 0.186. The van der Waals surface area contributed by atoms with Crippen LogP contribution >= 0.6 is 0 Å². The van der Waals surface area contributed by atoms with E-state index in [9.17, 15) is 9.18 Å². The molecule has 22 heavy (non-hydrogen) atoms. The van der Waals surface area contributed by atoms with Crippen LogP contribution in [-0.4, -0.2) is 50.2 Å². The standard InChI is InChI=1S/C17H23FN2O2/c18-16-6-2-1-5-15(16)7-8-17(21)19-9-3-4-10-20-11-13-22-14-12-20/h1-2,5-8H,3-4,9-14H2,(H,19,21)/b8-7-. The summed E-state index contributed by atoms with van der Waals surface area (Å²) >= 11 is 0. The van der Waals surface area contributed by atoms with Crippen LogP contribution in [0.25, 0.3) is 6.08 Å². The van der Waals surface area contributed by atoms with Crippen LogP contribution < -0.4 is 5.32 Å². The van der Waals surface area contributed by atoms with Gasteiger partial charge in [-0.05, 0) is 31.5 Å². The van der Waals surface area contributed by atoms with Gasteiger partial charge in [-0.2, -0.15) is 0 Å². The zero-order chi connectivity index (χ0) is 15.6. The summed E-state index contributed by atoms with van der Waals surface area (Å²) in [5.41, 5.74) is 0.421. The van der Waals surface area contributed by atoms with Gasteiger partial charge in [0.25, 0.3) is 0 Å². The van der Waals surface area contributed by atoms with Crippen LogP contribution in [0.15, 0.2) is 30.3 Å². The smallest absolute Gasteiger partial charge is 0.244 e. The SMILES string of the molecule is O=C(/C=C\c1ccccc1F)NCCCCN1CCOCC1. The number of halogens is 1. The Morgan fingerprint density at radius 1 is 1.27 bits per heavy atom. The maximum atomic E-state index is 13.4. The van der Waals surface area contributed by atoms with Crippen LogP contribution in [-0.2, 0) is 9.53 Å². The van der Waals surface area contributed by atoms with Crippen molar-refractivity contribution in [1.29, 1.82) is 0 Å². The molecule has 0 atom stereocenters. The van der Waals surface area contributed by atoms with Gasteiger partial charge in [0.1, 0.15) is 5.82 Å². The third-order valence-corrected chi connectivity index (χ3v) is 3.62. The van der Waals surface area contributed by atoms with Crippen LogP contribution in [0, 0.1) is 5.82 Å². The van der Waals surface area contributed by atoms with Gasteiger partial charge in [-0.3, -0.25) is 9.69 Å². The van der Waals surface area contributed by atoms with Crippen molar-refractivity contribution in [2.45, 2.75) is 12.8 Å². The van der Waals surface area contributed by atoms with Gasteiger partial charge in [0.2, 0.25) is 5.91 Å². The van der Waals surface area contributed by atoms with E-state index in [0.717, 1.165) is 45.7 Å². The van der Waals surface area contributed by atoms with Crippen molar-refractivity contribution < 1.29 is 13.9 Å². The second kappa shape index (κ2) is 9.33. The summed E-state index contributed by atoms with van der Waals surface area (Å²) in [6.07, 6.45) is 4.87. The number of nitrogens with one attached hydrogen (secondary N) is 1. The highest BCUT2D eigenvalue weighted by Gasteiger charge is 2.08. The lowest BCUT2D eigenvalue weighted by Gasteiger charge is -2.26. The normalized spacial score (nSPS) is 16.0. The maximum Gasteiger partial charge on any atom is 0.244 e.